The first kappa shape index (κ1) is 27.3. The van der Waals surface area contributed by atoms with Crippen LogP contribution in [0.5, 0.6) is 5.75 Å². The van der Waals surface area contributed by atoms with Crippen molar-refractivity contribution < 1.29 is 19.1 Å². The van der Waals surface area contributed by atoms with Crippen LogP contribution in [-0.4, -0.2) is 35.7 Å². The lowest BCUT2D eigenvalue weighted by Gasteiger charge is -2.37. The SMILES string of the molecule is CCOC(=O)C1=C(c2ccccc2)N=C2SC=C(CC(=O)N[C@H](C)c3ccccc3)N2[C@@H]1c1ccccc1OC. The molecule has 0 radical (unpaired) electrons. The standard InChI is InChI=1S/C32H31N3O4S/c1-4-39-31(37)28-29(23-15-9-6-10-16-23)34-32-35(30(28)25-17-11-12-18-26(25)38-3)24(20-40-32)19-27(36)33-21(2)22-13-7-5-8-14-22/h5-18,20-21,30H,4,19H2,1-3H3,(H,33,36)/t21-,30-/m1/s1. The summed E-state index contributed by atoms with van der Waals surface area (Å²) in [5, 5.41) is 5.72. The molecule has 0 bridgehead atoms. The minimum Gasteiger partial charge on any atom is -0.496 e. The number of fused-ring (bicyclic) bond motifs is 1. The Morgan fingerprint density at radius 1 is 1.00 bits per heavy atom. The van der Waals surface area contributed by atoms with E-state index in [4.69, 9.17) is 14.5 Å². The molecule has 0 fully saturated rings. The summed E-state index contributed by atoms with van der Waals surface area (Å²) < 4.78 is 11.3. The molecular weight excluding hydrogens is 522 g/mol. The molecule has 2 aliphatic heterocycles. The fourth-order valence-corrected chi connectivity index (χ4v) is 5.88. The molecule has 7 nitrogen and oxygen atoms in total. The molecule has 0 spiro atoms. The third-order valence-electron chi connectivity index (χ3n) is 6.80. The normalized spacial score (nSPS) is 17.0. The van der Waals surface area contributed by atoms with Crippen LogP contribution in [0.15, 0.2) is 107 Å². The van der Waals surface area contributed by atoms with E-state index in [9.17, 15) is 9.59 Å². The third kappa shape index (κ3) is 5.53. The van der Waals surface area contributed by atoms with Gasteiger partial charge in [-0.25, -0.2) is 9.79 Å². The van der Waals surface area contributed by atoms with Gasteiger partial charge < -0.3 is 19.7 Å². The number of carbonyl (C=O) groups excluding carboxylic acids is 2. The number of nitrogens with zero attached hydrogens (tertiary/aromatic N) is 2. The van der Waals surface area contributed by atoms with E-state index < -0.39 is 12.0 Å². The van der Waals surface area contributed by atoms with Crippen LogP contribution in [0.3, 0.4) is 0 Å². The van der Waals surface area contributed by atoms with E-state index in [1.54, 1.807) is 14.0 Å². The number of aliphatic imine (C=N–C) groups is 1. The smallest absolute Gasteiger partial charge is 0.338 e. The van der Waals surface area contributed by atoms with Crippen molar-refractivity contribution in [1.82, 2.24) is 10.2 Å². The Morgan fingerprint density at radius 2 is 1.68 bits per heavy atom. The van der Waals surface area contributed by atoms with E-state index >= 15 is 0 Å². The molecule has 0 aliphatic carbocycles. The summed E-state index contributed by atoms with van der Waals surface area (Å²) in [7, 11) is 1.61. The topological polar surface area (TPSA) is 80.2 Å². The van der Waals surface area contributed by atoms with Gasteiger partial charge in [-0.1, -0.05) is 90.6 Å². The number of carbonyl (C=O) groups is 2. The van der Waals surface area contributed by atoms with Crippen molar-refractivity contribution in [3.8, 4) is 5.75 Å². The van der Waals surface area contributed by atoms with E-state index in [1.807, 2.05) is 102 Å². The first-order chi connectivity index (χ1) is 19.5. The molecule has 40 heavy (non-hydrogen) atoms. The van der Waals surface area contributed by atoms with Crippen molar-refractivity contribution in [1.29, 1.82) is 0 Å². The Kier molecular flexibility index (Phi) is 8.36. The molecule has 1 N–H and O–H groups in total. The number of methoxy groups -OCH3 is 1. The van der Waals surface area contributed by atoms with Gasteiger partial charge in [0.1, 0.15) is 5.75 Å². The molecule has 0 unspecified atom stereocenters. The maximum atomic E-state index is 13.7. The number of para-hydroxylation sites is 1. The van der Waals surface area contributed by atoms with Gasteiger partial charge in [-0.15, -0.1) is 0 Å². The number of ether oxygens (including phenoxy) is 2. The van der Waals surface area contributed by atoms with Crippen LogP contribution in [0.1, 0.15) is 49.0 Å². The monoisotopic (exact) mass is 553 g/mol. The van der Waals surface area contributed by atoms with E-state index in [-0.39, 0.29) is 25.0 Å². The molecule has 1 amide bonds. The number of amidine groups is 1. The zero-order valence-corrected chi connectivity index (χ0v) is 23.5. The summed E-state index contributed by atoms with van der Waals surface area (Å²) in [5.74, 6) is 0.0403. The molecule has 204 valence electrons. The second-order valence-electron chi connectivity index (χ2n) is 9.36. The van der Waals surface area contributed by atoms with Gasteiger partial charge in [-0.05, 0) is 30.9 Å². The lowest BCUT2D eigenvalue weighted by molar-refractivity contribution is -0.139. The number of amides is 1. The highest BCUT2D eigenvalue weighted by Crippen LogP contribution is 2.48. The zero-order chi connectivity index (χ0) is 28.1. The molecule has 2 heterocycles. The molecule has 8 heteroatoms. The van der Waals surface area contributed by atoms with Crippen LogP contribution in [0, 0.1) is 0 Å². The van der Waals surface area contributed by atoms with Crippen molar-refractivity contribution in [2.45, 2.75) is 32.4 Å². The average Bonchev–Trinajstić information content (AvgIpc) is 3.39. The van der Waals surface area contributed by atoms with Gasteiger partial charge in [0.25, 0.3) is 0 Å². The fraction of sp³-hybridized carbons (Fsp3) is 0.219. The molecule has 5 rings (SSSR count). The molecule has 3 aromatic carbocycles. The van der Waals surface area contributed by atoms with E-state index in [1.165, 1.54) is 11.8 Å². The van der Waals surface area contributed by atoms with Gasteiger partial charge in [0.05, 0.1) is 43.5 Å². The van der Waals surface area contributed by atoms with Gasteiger partial charge in [-0.2, -0.15) is 0 Å². The molecule has 2 atom stereocenters. The molecule has 2 aliphatic rings. The first-order valence-corrected chi connectivity index (χ1v) is 14.1. The third-order valence-corrected chi connectivity index (χ3v) is 7.69. The lowest BCUT2D eigenvalue weighted by Crippen LogP contribution is -2.38. The first-order valence-electron chi connectivity index (χ1n) is 13.2. The average molecular weight is 554 g/mol. The highest BCUT2D eigenvalue weighted by molar-refractivity contribution is 8.16. The van der Waals surface area contributed by atoms with Crippen LogP contribution in [0.25, 0.3) is 5.70 Å². The fourth-order valence-electron chi connectivity index (χ4n) is 4.96. The van der Waals surface area contributed by atoms with Gasteiger partial charge in [0, 0.05) is 16.8 Å². The second-order valence-corrected chi connectivity index (χ2v) is 10.2. The summed E-state index contributed by atoms with van der Waals surface area (Å²) in [6.45, 7) is 3.96. The van der Waals surface area contributed by atoms with Crippen molar-refractivity contribution in [3.63, 3.8) is 0 Å². The van der Waals surface area contributed by atoms with Crippen LogP contribution in [0.4, 0.5) is 0 Å². The summed E-state index contributed by atoms with van der Waals surface area (Å²) >= 11 is 1.44. The summed E-state index contributed by atoms with van der Waals surface area (Å²) in [6.07, 6.45) is 0.117. The van der Waals surface area contributed by atoms with Gasteiger partial charge in [-0.3, -0.25) is 4.79 Å². The van der Waals surface area contributed by atoms with Crippen molar-refractivity contribution in [3.05, 3.63) is 118 Å². The van der Waals surface area contributed by atoms with E-state index in [2.05, 4.69) is 5.32 Å². The Balaban J connectivity index is 1.56. The number of benzene rings is 3. The number of esters is 1. The maximum Gasteiger partial charge on any atom is 0.338 e. The minimum absolute atomic E-state index is 0.117. The second kappa shape index (κ2) is 12.3. The van der Waals surface area contributed by atoms with Crippen LogP contribution < -0.4 is 10.1 Å². The predicted octanol–water partition coefficient (Wildman–Crippen LogP) is 6.24. The van der Waals surface area contributed by atoms with E-state index in [0.717, 1.165) is 22.4 Å². The zero-order valence-electron chi connectivity index (χ0n) is 22.7. The summed E-state index contributed by atoms with van der Waals surface area (Å²) in [6, 6.07) is 26.3. The Morgan fingerprint density at radius 3 is 2.38 bits per heavy atom. The molecule has 0 aromatic heterocycles. The van der Waals surface area contributed by atoms with E-state index in [0.29, 0.717) is 22.2 Å². The summed E-state index contributed by atoms with van der Waals surface area (Å²) in [4.78, 5) is 33.9. The highest BCUT2D eigenvalue weighted by atomic mass is 32.2. The molecule has 0 saturated carbocycles. The largest absolute Gasteiger partial charge is 0.496 e. The Hall–Kier alpha value is -4.30. The lowest BCUT2D eigenvalue weighted by atomic mass is 9.91. The number of nitrogens with one attached hydrogen (secondary N) is 1. The van der Waals surface area contributed by atoms with Gasteiger partial charge >= 0.3 is 5.97 Å². The number of hydrogen-bond acceptors (Lipinski definition) is 7. The quantitative estimate of drug-likeness (QED) is 0.316. The van der Waals surface area contributed by atoms with Crippen molar-refractivity contribution in [2.75, 3.05) is 13.7 Å². The Labute approximate surface area is 238 Å². The highest BCUT2D eigenvalue weighted by Gasteiger charge is 2.43. The van der Waals surface area contributed by atoms with Gasteiger partial charge in [0.2, 0.25) is 5.91 Å². The van der Waals surface area contributed by atoms with Crippen LogP contribution >= 0.6 is 11.8 Å². The number of rotatable bonds is 9. The van der Waals surface area contributed by atoms with Gasteiger partial charge in [0.15, 0.2) is 5.17 Å². The summed E-state index contributed by atoms with van der Waals surface area (Å²) in [5.41, 5.74) is 4.30. The number of hydrogen-bond donors (Lipinski definition) is 1. The van der Waals surface area contributed by atoms with Crippen molar-refractivity contribution >= 4 is 34.5 Å². The van der Waals surface area contributed by atoms with Crippen molar-refractivity contribution in [2.24, 2.45) is 4.99 Å². The molecular formula is C32H31N3O4S. The van der Waals surface area contributed by atoms with Crippen LogP contribution in [-0.2, 0) is 14.3 Å². The maximum absolute atomic E-state index is 13.7. The van der Waals surface area contributed by atoms with Crippen LogP contribution in [0.2, 0.25) is 0 Å². The Bertz CT molecular complexity index is 1480. The number of thioether (sulfide) groups is 1. The molecule has 3 aromatic rings. The predicted molar refractivity (Wildman–Crippen MR) is 158 cm³/mol. The minimum atomic E-state index is -0.612. The molecule has 0 saturated heterocycles.